The van der Waals surface area contributed by atoms with Gasteiger partial charge in [-0.3, -0.25) is 0 Å². The Labute approximate surface area is 163 Å². The number of ether oxygens (including phenoxy) is 2. The van der Waals surface area contributed by atoms with Crippen LogP contribution in [0.5, 0.6) is 5.75 Å². The molecule has 0 aromatic heterocycles. The second-order valence-electron chi connectivity index (χ2n) is 6.87. The molecule has 0 aliphatic heterocycles. The number of rotatable bonds is 12. The second kappa shape index (κ2) is 13.0. The van der Waals surface area contributed by atoms with Gasteiger partial charge in [0.2, 0.25) is 0 Å². The molecular weight excluding hydrogens is 336 g/mol. The smallest absolute Gasteiger partial charge is 0.434 e. The van der Waals surface area contributed by atoms with Crippen LogP contribution in [-0.4, -0.2) is 12.8 Å². The number of hydrogen-bond donors (Lipinski definition) is 0. The zero-order valence-electron chi connectivity index (χ0n) is 16.5. The molecule has 0 N–H and O–H groups in total. The van der Waals surface area contributed by atoms with Crippen molar-refractivity contribution < 1.29 is 14.3 Å². The Kier molecular flexibility index (Phi) is 10.1. The third kappa shape index (κ3) is 8.76. The van der Waals surface area contributed by atoms with E-state index >= 15 is 0 Å². The van der Waals surface area contributed by atoms with Crippen LogP contribution < -0.4 is 4.74 Å². The van der Waals surface area contributed by atoms with Crippen LogP contribution in [0.2, 0.25) is 0 Å². The first kappa shape index (κ1) is 21.0. The van der Waals surface area contributed by atoms with Crippen LogP contribution >= 0.6 is 0 Å². The summed E-state index contributed by atoms with van der Waals surface area (Å²) in [6.45, 7) is 2.47. The summed E-state index contributed by atoms with van der Waals surface area (Å²) in [5.74, 6) is 0.598. The minimum Gasteiger partial charge on any atom is -0.434 e. The quantitative estimate of drug-likeness (QED) is 0.236. The first-order valence-corrected chi connectivity index (χ1v) is 10.3. The topological polar surface area (TPSA) is 35.5 Å². The maximum absolute atomic E-state index is 11.8. The number of benzene rings is 2. The highest BCUT2D eigenvalue weighted by molar-refractivity contribution is 5.64. The molecule has 0 unspecified atom stereocenters. The summed E-state index contributed by atoms with van der Waals surface area (Å²) in [7, 11) is 0. The van der Waals surface area contributed by atoms with Gasteiger partial charge in [0.25, 0.3) is 0 Å². The molecule has 0 saturated carbocycles. The maximum Gasteiger partial charge on any atom is 0.513 e. The first-order valence-electron chi connectivity index (χ1n) is 10.3. The molecule has 0 aliphatic rings. The third-order valence-corrected chi connectivity index (χ3v) is 4.72. The Bertz CT molecular complexity index is 652. The van der Waals surface area contributed by atoms with Gasteiger partial charge in [0.15, 0.2) is 0 Å². The van der Waals surface area contributed by atoms with Crippen molar-refractivity contribution in [1.82, 2.24) is 0 Å². The average Bonchev–Trinajstić information content (AvgIpc) is 2.70. The van der Waals surface area contributed by atoms with Crippen molar-refractivity contribution in [1.29, 1.82) is 0 Å². The Morgan fingerprint density at radius 2 is 1.41 bits per heavy atom. The summed E-state index contributed by atoms with van der Waals surface area (Å²) in [6, 6.07) is 18.3. The van der Waals surface area contributed by atoms with Gasteiger partial charge in [0.1, 0.15) is 5.75 Å². The number of carbonyl (C=O) groups excluding carboxylic acids is 1. The lowest BCUT2D eigenvalue weighted by molar-refractivity contribution is 0.0969. The van der Waals surface area contributed by atoms with E-state index in [0.717, 1.165) is 24.8 Å². The van der Waals surface area contributed by atoms with Crippen molar-refractivity contribution in [2.45, 2.75) is 64.7 Å². The number of para-hydroxylation sites is 1. The molecule has 2 aromatic carbocycles. The van der Waals surface area contributed by atoms with Crippen molar-refractivity contribution in [2.24, 2.45) is 0 Å². The number of hydrogen-bond acceptors (Lipinski definition) is 3. The molecule has 0 fully saturated rings. The molecular formula is C24H32O3. The summed E-state index contributed by atoms with van der Waals surface area (Å²) >= 11 is 0. The van der Waals surface area contributed by atoms with Gasteiger partial charge in [0.05, 0.1) is 6.61 Å². The van der Waals surface area contributed by atoms with E-state index < -0.39 is 6.16 Å². The van der Waals surface area contributed by atoms with Gasteiger partial charge in [-0.2, -0.15) is 0 Å². The normalized spacial score (nSPS) is 10.6. The van der Waals surface area contributed by atoms with E-state index in [0.29, 0.717) is 12.4 Å². The predicted octanol–water partition coefficient (Wildman–Crippen LogP) is 6.74. The Balaban J connectivity index is 1.43. The monoisotopic (exact) mass is 368 g/mol. The lowest BCUT2D eigenvalue weighted by atomic mass is 10.0. The number of aryl methyl sites for hydroxylation is 2. The SMILES string of the molecule is CCc1ccccc1OC(=O)OCCCCCCCCCc1ccccc1. The van der Waals surface area contributed by atoms with Crippen LogP contribution in [0.3, 0.4) is 0 Å². The fourth-order valence-corrected chi connectivity index (χ4v) is 3.13. The van der Waals surface area contributed by atoms with E-state index in [-0.39, 0.29) is 0 Å². The Morgan fingerprint density at radius 1 is 0.778 bits per heavy atom. The molecule has 0 saturated heterocycles. The standard InChI is InChI=1S/C24H32O3/c1-2-22-18-12-13-19-23(22)27-24(25)26-20-14-7-5-3-4-6-9-15-21-16-10-8-11-17-21/h8,10-13,16-19H,2-7,9,14-15,20H2,1H3. The Morgan fingerprint density at radius 3 is 2.15 bits per heavy atom. The van der Waals surface area contributed by atoms with Crippen LogP contribution in [0.15, 0.2) is 54.6 Å². The van der Waals surface area contributed by atoms with E-state index in [1.807, 2.05) is 25.1 Å². The molecule has 2 rings (SSSR count). The van der Waals surface area contributed by atoms with Crippen LogP contribution in [0.4, 0.5) is 4.79 Å². The molecule has 2 aromatic rings. The van der Waals surface area contributed by atoms with Crippen molar-refractivity contribution >= 4 is 6.16 Å². The highest BCUT2D eigenvalue weighted by atomic mass is 16.7. The molecule has 0 radical (unpaired) electrons. The zero-order valence-corrected chi connectivity index (χ0v) is 16.5. The molecule has 27 heavy (non-hydrogen) atoms. The van der Waals surface area contributed by atoms with Crippen LogP contribution in [0.25, 0.3) is 0 Å². The number of carbonyl (C=O) groups is 1. The average molecular weight is 369 g/mol. The zero-order chi connectivity index (χ0) is 19.2. The van der Waals surface area contributed by atoms with Gasteiger partial charge in [-0.15, -0.1) is 0 Å². The van der Waals surface area contributed by atoms with E-state index in [1.54, 1.807) is 6.07 Å². The van der Waals surface area contributed by atoms with Crippen molar-refractivity contribution in [3.05, 3.63) is 65.7 Å². The van der Waals surface area contributed by atoms with Gasteiger partial charge in [-0.1, -0.05) is 87.6 Å². The van der Waals surface area contributed by atoms with E-state index in [1.165, 1.54) is 44.1 Å². The molecule has 3 heteroatoms. The molecule has 0 spiro atoms. The lowest BCUT2D eigenvalue weighted by Crippen LogP contribution is -2.12. The Hall–Kier alpha value is -2.29. The molecule has 0 heterocycles. The van der Waals surface area contributed by atoms with Crippen LogP contribution in [-0.2, 0) is 17.6 Å². The number of unbranched alkanes of at least 4 members (excludes halogenated alkanes) is 6. The fourth-order valence-electron chi connectivity index (χ4n) is 3.13. The largest absolute Gasteiger partial charge is 0.513 e. The second-order valence-corrected chi connectivity index (χ2v) is 6.87. The minimum absolute atomic E-state index is 0.432. The van der Waals surface area contributed by atoms with E-state index in [9.17, 15) is 4.79 Å². The summed E-state index contributed by atoms with van der Waals surface area (Å²) in [5, 5.41) is 0. The van der Waals surface area contributed by atoms with E-state index in [2.05, 4.69) is 30.3 Å². The van der Waals surface area contributed by atoms with Gasteiger partial charge in [-0.25, -0.2) is 4.79 Å². The van der Waals surface area contributed by atoms with Crippen molar-refractivity contribution in [3.63, 3.8) is 0 Å². The van der Waals surface area contributed by atoms with Gasteiger partial charge >= 0.3 is 6.16 Å². The summed E-state index contributed by atoms with van der Waals surface area (Å²) in [5.41, 5.74) is 2.45. The molecule has 0 amide bonds. The summed E-state index contributed by atoms with van der Waals surface area (Å²) in [6.07, 6.45) is 9.68. The highest BCUT2D eigenvalue weighted by Crippen LogP contribution is 2.19. The molecule has 146 valence electrons. The third-order valence-electron chi connectivity index (χ3n) is 4.72. The first-order chi connectivity index (χ1) is 13.3. The summed E-state index contributed by atoms with van der Waals surface area (Å²) in [4.78, 5) is 11.8. The minimum atomic E-state index is -0.600. The van der Waals surface area contributed by atoms with Gasteiger partial charge in [-0.05, 0) is 42.9 Å². The molecule has 3 nitrogen and oxygen atoms in total. The van der Waals surface area contributed by atoms with Crippen LogP contribution in [0, 0.1) is 0 Å². The van der Waals surface area contributed by atoms with Crippen molar-refractivity contribution in [2.75, 3.05) is 6.61 Å². The summed E-state index contributed by atoms with van der Waals surface area (Å²) < 4.78 is 10.5. The van der Waals surface area contributed by atoms with E-state index in [4.69, 9.17) is 9.47 Å². The maximum atomic E-state index is 11.8. The molecule has 0 bridgehead atoms. The van der Waals surface area contributed by atoms with Crippen LogP contribution in [0.1, 0.15) is 63.0 Å². The molecule has 0 aliphatic carbocycles. The van der Waals surface area contributed by atoms with Crippen molar-refractivity contribution in [3.8, 4) is 5.75 Å². The highest BCUT2D eigenvalue weighted by Gasteiger charge is 2.08. The molecule has 0 atom stereocenters. The van der Waals surface area contributed by atoms with Gasteiger partial charge in [0, 0.05) is 0 Å². The lowest BCUT2D eigenvalue weighted by Gasteiger charge is -2.09. The fraction of sp³-hybridized carbons (Fsp3) is 0.458. The predicted molar refractivity (Wildman–Crippen MR) is 110 cm³/mol. The van der Waals surface area contributed by atoms with Gasteiger partial charge < -0.3 is 9.47 Å².